The molecule has 0 saturated heterocycles. The van der Waals surface area contributed by atoms with Crippen LogP contribution in [-0.2, 0) is 0 Å². The van der Waals surface area contributed by atoms with Gasteiger partial charge in [-0.15, -0.1) is 5.73 Å². The van der Waals surface area contributed by atoms with E-state index in [-0.39, 0.29) is 0 Å². The number of hydrogen-bond donors (Lipinski definition) is 1. The average Bonchev–Trinajstić information content (AvgIpc) is 2.17. The van der Waals surface area contributed by atoms with Gasteiger partial charge in [0.15, 0.2) is 0 Å². The lowest BCUT2D eigenvalue weighted by molar-refractivity contribution is 0.954. The van der Waals surface area contributed by atoms with E-state index in [4.69, 9.17) is 5.73 Å². The number of hydrogen-bond acceptors (Lipinski definition) is 1. The molecular weight excluding hydrogens is 122 g/mol. The molecule has 1 aliphatic rings. The topological polar surface area (TPSA) is 26.0 Å². The van der Waals surface area contributed by atoms with Crippen molar-refractivity contribution in [2.75, 3.05) is 6.54 Å². The van der Waals surface area contributed by atoms with Crippen LogP contribution in [0.15, 0.2) is 29.5 Å². The van der Waals surface area contributed by atoms with Crippen LogP contribution in [0.1, 0.15) is 19.3 Å². The van der Waals surface area contributed by atoms with Crippen LogP contribution in [0, 0.1) is 0 Å². The maximum Gasteiger partial charge on any atom is -0.00366 e. The van der Waals surface area contributed by atoms with Gasteiger partial charge in [0.25, 0.3) is 0 Å². The molecule has 0 heterocycles. The Morgan fingerprint density at radius 1 is 1.50 bits per heavy atom. The largest absolute Gasteiger partial charge is 0.330 e. The van der Waals surface area contributed by atoms with Crippen LogP contribution in [0.3, 0.4) is 0 Å². The molecule has 1 rings (SSSR count). The van der Waals surface area contributed by atoms with E-state index in [0.717, 1.165) is 25.8 Å². The Balaban J connectivity index is 2.56. The summed E-state index contributed by atoms with van der Waals surface area (Å²) in [6.07, 6.45) is 9.58. The zero-order valence-electron chi connectivity index (χ0n) is 6.14. The second-order valence-electron chi connectivity index (χ2n) is 2.41. The molecule has 0 aromatic heterocycles. The molecule has 0 atom stereocenters. The van der Waals surface area contributed by atoms with Gasteiger partial charge in [-0.2, -0.15) is 0 Å². The minimum atomic E-state index is 0.740. The van der Waals surface area contributed by atoms with Gasteiger partial charge >= 0.3 is 0 Å². The lowest BCUT2D eigenvalue weighted by Crippen LogP contribution is -1.98. The predicted octanol–water partition coefficient (Wildman–Crippen LogP) is 1.77. The van der Waals surface area contributed by atoms with Gasteiger partial charge in [-0.25, -0.2) is 0 Å². The molecule has 0 aromatic rings. The molecule has 0 unspecified atom stereocenters. The summed E-state index contributed by atoms with van der Waals surface area (Å²) in [5.41, 5.74) is 9.85. The molecule has 2 N–H and O–H groups in total. The van der Waals surface area contributed by atoms with Gasteiger partial charge in [0, 0.05) is 0 Å². The third-order valence-electron chi connectivity index (χ3n) is 1.54. The Morgan fingerprint density at radius 3 is 3.20 bits per heavy atom. The molecule has 0 radical (unpaired) electrons. The Hall–Kier alpha value is -0.780. The van der Waals surface area contributed by atoms with E-state index in [1.54, 1.807) is 0 Å². The fourth-order valence-electron chi connectivity index (χ4n) is 1.00. The summed E-state index contributed by atoms with van der Waals surface area (Å²) in [6.45, 7) is 0.740. The van der Waals surface area contributed by atoms with Crippen LogP contribution in [-0.4, -0.2) is 6.54 Å². The smallest absolute Gasteiger partial charge is 0.00366 e. The van der Waals surface area contributed by atoms with Crippen molar-refractivity contribution >= 4 is 0 Å². The van der Waals surface area contributed by atoms with Crippen molar-refractivity contribution in [3.05, 3.63) is 29.5 Å². The normalized spacial score (nSPS) is 16.7. The Morgan fingerprint density at radius 2 is 2.40 bits per heavy atom. The Labute approximate surface area is 61.9 Å². The predicted molar refractivity (Wildman–Crippen MR) is 43.6 cm³/mol. The fourth-order valence-corrected chi connectivity index (χ4v) is 1.00. The van der Waals surface area contributed by atoms with Crippen molar-refractivity contribution in [1.29, 1.82) is 0 Å². The summed E-state index contributed by atoms with van der Waals surface area (Å²) in [5.74, 6) is 0. The maximum absolute atomic E-state index is 5.41. The van der Waals surface area contributed by atoms with Gasteiger partial charge in [0.2, 0.25) is 0 Å². The van der Waals surface area contributed by atoms with E-state index in [9.17, 15) is 0 Å². The molecule has 0 aliphatic heterocycles. The van der Waals surface area contributed by atoms with Crippen molar-refractivity contribution in [1.82, 2.24) is 0 Å². The van der Waals surface area contributed by atoms with Crippen molar-refractivity contribution in [2.45, 2.75) is 19.3 Å². The first-order chi connectivity index (χ1) is 4.93. The van der Waals surface area contributed by atoms with E-state index >= 15 is 0 Å². The summed E-state index contributed by atoms with van der Waals surface area (Å²) >= 11 is 0. The van der Waals surface area contributed by atoms with Crippen molar-refractivity contribution in [3.8, 4) is 0 Å². The standard InChI is InChI=1S/C9H13N/c10-8-7-9-5-3-1-2-4-6-9/h1,5-6H,2,4,7-8,10H2. The van der Waals surface area contributed by atoms with Gasteiger partial charge in [-0.1, -0.05) is 6.08 Å². The minimum Gasteiger partial charge on any atom is -0.330 e. The highest BCUT2D eigenvalue weighted by atomic mass is 14.5. The lowest BCUT2D eigenvalue weighted by atomic mass is 10.1. The summed E-state index contributed by atoms with van der Waals surface area (Å²) in [4.78, 5) is 0. The zero-order valence-corrected chi connectivity index (χ0v) is 6.14. The van der Waals surface area contributed by atoms with Gasteiger partial charge in [-0.3, -0.25) is 0 Å². The van der Waals surface area contributed by atoms with Crippen LogP contribution >= 0.6 is 0 Å². The van der Waals surface area contributed by atoms with E-state index < -0.39 is 0 Å². The highest BCUT2D eigenvalue weighted by molar-refractivity contribution is 5.20. The van der Waals surface area contributed by atoms with Crippen molar-refractivity contribution in [3.63, 3.8) is 0 Å². The first kappa shape index (κ1) is 7.33. The van der Waals surface area contributed by atoms with E-state index in [1.807, 2.05) is 6.08 Å². The molecule has 54 valence electrons. The molecule has 0 spiro atoms. The molecule has 0 amide bonds. The summed E-state index contributed by atoms with van der Waals surface area (Å²) in [7, 11) is 0. The average molecular weight is 135 g/mol. The van der Waals surface area contributed by atoms with E-state index in [0.29, 0.717) is 0 Å². The monoisotopic (exact) mass is 135 g/mol. The first-order valence-electron chi connectivity index (χ1n) is 3.73. The van der Waals surface area contributed by atoms with Crippen LogP contribution in [0.25, 0.3) is 0 Å². The van der Waals surface area contributed by atoms with Crippen LogP contribution < -0.4 is 5.73 Å². The molecule has 0 saturated carbocycles. The zero-order chi connectivity index (χ0) is 7.23. The van der Waals surface area contributed by atoms with Crippen molar-refractivity contribution in [2.24, 2.45) is 5.73 Å². The molecule has 1 nitrogen and oxygen atoms in total. The summed E-state index contributed by atoms with van der Waals surface area (Å²) < 4.78 is 0. The molecule has 0 bridgehead atoms. The molecule has 0 fully saturated rings. The lowest BCUT2D eigenvalue weighted by Gasteiger charge is -1.94. The first-order valence-corrected chi connectivity index (χ1v) is 3.73. The molecule has 10 heavy (non-hydrogen) atoms. The van der Waals surface area contributed by atoms with Crippen molar-refractivity contribution < 1.29 is 0 Å². The third kappa shape index (κ3) is 2.22. The number of nitrogens with two attached hydrogens (primary N) is 1. The highest BCUT2D eigenvalue weighted by Gasteiger charge is 1.91. The quantitative estimate of drug-likeness (QED) is 0.574. The van der Waals surface area contributed by atoms with E-state index in [2.05, 4.69) is 17.9 Å². The number of rotatable bonds is 2. The summed E-state index contributed by atoms with van der Waals surface area (Å²) in [6, 6.07) is 0. The minimum absolute atomic E-state index is 0.740. The summed E-state index contributed by atoms with van der Waals surface area (Å²) in [5, 5.41) is 0. The van der Waals surface area contributed by atoms with Gasteiger partial charge in [0.1, 0.15) is 0 Å². The SMILES string of the molecule is NCCC1=CCCC=C=C1. The third-order valence-corrected chi connectivity index (χ3v) is 1.54. The van der Waals surface area contributed by atoms with Gasteiger partial charge < -0.3 is 5.73 Å². The Bertz CT molecular complexity index is 183. The maximum atomic E-state index is 5.41. The highest BCUT2D eigenvalue weighted by Crippen LogP contribution is 2.07. The molecule has 1 aliphatic carbocycles. The fraction of sp³-hybridized carbons (Fsp3) is 0.444. The van der Waals surface area contributed by atoms with Crippen LogP contribution in [0.2, 0.25) is 0 Å². The second-order valence-corrected chi connectivity index (χ2v) is 2.41. The van der Waals surface area contributed by atoms with Gasteiger partial charge in [0.05, 0.1) is 0 Å². The molecule has 1 heteroatoms. The van der Waals surface area contributed by atoms with E-state index in [1.165, 1.54) is 5.57 Å². The van der Waals surface area contributed by atoms with Crippen LogP contribution in [0.4, 0.5) is 0 Å². The van der Waals surface area contributed by atoms with Crippen LogP contribution in [0.5, 0.6) is 0 Å². The Kier molecular flexibility index (Phi) is 3.01. The second kappa shape index (κ2) is 4.10. The van der Waals surface area contributed by atoms with Gasteiger partial charge in [-0.05, 0) is 43.5 Å². The molecule has 0 aromatic carbocycles. The molecular formula is C9H13N. The number of allylic oxidation sites excluding steroid dienone is 2.